The van der Waals surface area contributed by atoms with E-state index in [2.05, 4.69) is 21.2 Å². The molecule has 0 aliphatic heterocycles. The van der Waals surface area contributed by atoms with Gasteiger partial charge in [0.15, 0.2) is 9.84 Å². The Morgan fingerprint density at radius 2 is 2.06 bits per heavy atom. The highest BCUT2D eigenvalue weighted by Gasteiger charge is 2.40. The Hall–Kier alpha value is 0.380. The molecule has 0 fully saturated rings. The third kappa shape index (κ3) is 3.04. The van der Waals surface area contributed by atoms with Crippen molar-refractivity contribution in [1.29, 1.82) is 0 Å². The average Bonchev–Trinajstić information content (AvgIpc) is 2.45. The van der Waals surface area contributed by atoms with Crippen LogP contribution in [0.25, 0.3) is 0 Å². The van der Waals surface area contributed by atoms with Crippen molar-refractivity contribution in [2.24, 2.45) is 0 Å². The largest absolute Gasteiger partial charge is 0.311 e. The molecule has 1 atom stereocenters. The van der Waals surface area contributed by atoms with Crippen LogP contribution in [-0.4, -0.2) is 26.5 Å². The molecule has 3 nitrogen and oxygen atoms in total. The fourth-order valence-corrected chi connectivity index (χ4v) is 4.33. The number of sulfone groups is 1. The van der Waals surface area contributed by atoms with Gasteiger partial charge < -0.3 is 5.32 Å². The zero-order valence-corrected chi connectivity index (χ0v) is 14.0. The number of hydrogen-bond acceptors (Lipinski definition) is 4. The fraction of sp³-hybridized carbons (Fsp3) is 0.600. The molecule has 0 aliphatic carbocycles. The van der Waals surface area contributed by atoms with Gasteiger partial charge in [0.05, 0.1) is 10.8 Å². The van der Waals surface area contributed by atoms with Gasteiger partial charge in [-0.25, -0.2) is 8.42 Å². The fourth-order valence-electron chi connectivity index (χ4n) is 1.55. The number of rotatable bonds is 4. The Kier molecular flexibility index (Phi) is 4.69. The predicted molar refractivity (Wildman–Crippen MR) is 77.8 cm³/mol. The van der Waals surface area contributed by atoms with Crippen LogP contribution in [0.3, 0.4) is 0 Å². The van der Waals surface area contributed by atoms with Crippen LogP contribution >= 0.6 is 38.9 Å². The standard InChI is InChI=1S/C10H15BrClNO2S2/c1-10(2,17(4,14)15)8(13-3)7-5-6(11)9(12)16-7/h5,8,13H,1-4H3. The van der Waals surface area contributed by atoms with Crippen LogP contribution in [0.15, 0.2) is 10.5 Å². The zero-order valence-electron chi connectivity index (χ0n) is 10.0. The Bertz CT molecular complexity index is 491. The van der Waals surface area contributed by atoms with E-state index in [9.17, 15) is 8.42 Å². The van der Waals surface area contributed by atoms with Gasteiger partial charge in [-0.2, -0.15) is 0 Å². The maximum atomic E-state index is 11.8. The van der Waals surface area contributed by atoms with Gasteiger partial charge in [0.1, 0.15) is 4.34 Å². The third-order valence-corrected chi connectivity index (χ3v) is 7.57. The van der Waals surface area contributed by atoms with Crippen molar-refractivity contribution in [3.63, 3.8) is 0 Å². The van der Waals surface area contributed by atoms with Crippen molar-refractivity contribution in [2.75, 3.05) is 13.3 Å². The van der Waals surface area contributed by atoms with E-state index in [1.54, 1.807) is 20.9 Å². The Balaban J connectivity index is 3.25. The van der Waals surface area contributed by atoms with Crippen molar-refractivity contribution >= 4 is 48.7 Å². The van der Waals surface area contributed by atoms with Crippen LogP contribution in [0.5, 0.6) is 0 Å². The van der Waals surface area contributed by atoms with Gasteiger partial charge in [-0.05, 0) is 42.9 Å². The monoisotopic (exact) mass is 359 g/mol. The highest BCUT2D eigenvalue weighted by atomic mass is 79.9. The number of thiophene rings is 1. The summed E-state index contributed by atoms with van der Waals surface area (Å²) in [6.45, 7) is 3.43. The molecule has 98 valence electrons. The first-order valence-corrected chi connectivity index (χ1v) is 8.80. The Labute approximate surface area is 120 Å². The molecule has 0 spiro atoms. The maximum Gasteiger partial charge on any atom is 0.154 e. The number of halogens is 2. The summed E-state index contributed by atoms with van der Waals surface area (Å²) in [4.78, 5) is 0.903. The SMILES string of the molecule is CNC(c1cc(Br)c(Cl)s1)C(C)(C)S(C)(=O)=O. The van der Waals surface area contributed by atoms with Crippen LogP contribution in [0.2, 0.25) is 4.34 Å². The summed E-state index contributed by atoms with van der Waals surface area (Å²) in [7, 11) is -1.43. The van der Waals surface area contributed by atoms with Crippen LogP contribution in [-0.2, 0) is 9.84 Å². The van der Waals surface area contributed by atoms with E-state index in [1.165, 1.54) is 17.6 Å². The van der Waals surface area contributed by atoms with Crippen molar-refractivity contribution < 1.29 is 8.42 Å². The third-order valence-electron chi connectivity index (χ3n) is 2.89. The second-order valence-corrected chi connectivity index (χ2v) is 9.50. The Morgan fingerprint density at radius 3 is 2.35 bits per heavy atom. The zero-order chi connectivity index (χ0) is 13.4. The summed E-state index contributed by atoms with van der Waals surface area (Å²) in [5.74, 6) is 0. The molecule has 0 saturated heterocycles. The lowest BCUT2D eigenvalue weighted by Crippen LogP contribution is -2.43. The molecule has 0 radical (unpaired) electrons. The van der Waals surface area contributed by atoms with Crippen LogP contribution in [0.4, 0.5) is 0 Å². The van der Waals surface area contributed by atoms with Gasteiger partial charge in [0.2, 0.25) is 0 Å². The minimum Gasteiger partial charge on any atom is -0.311 e. The minimum absolute atomic E-state index is 0.286. The molecule has 1 aromatic heterocycles. The molecule has 0 amide bonds. The predicted octanol–water partition coefficient (Wildman–Crippen LogP) is 3.25. The lowest BCUT2D eigenvalue weighted by molar-refractivity contribution is 0.451. The lowest BCUT2D eigenvalue weighted by atomic mass is 10.0. The van der Waals surface area contributed by atoms with E-state index in [0.717, 1.165) is 9.35 Å². The van der Waals surface area contributed by atoms with E-state index >= 15 is 0 Å². The second-order valence-electron chi connectivity index (χ2n) is 4.37. The van der Waals surface area contributed by atoms with Crippen LogP contribution < -0.4 is 5.32 Å². The summed E-state index contributed by atoms with van der Waals surface area (Å²) >= 11 is 10.7. The van der Waals surface area contributed by atoms with E-state index in [1.807, 2.05) is 6.07 Å². The quantitative estimate of drug-likeness (QED) is 0.896. The summed E-state index contributed by atoms with van der Waals surface area (Å²) in [6, 6.07) is 1.58. The maximum absolute atomic E-state index is 11.8. The second kappa shape index (κ2) is 5.17. The highest BCUT2D eigenvalue weighted by molar-refractivity contribution is 9.10. The van der Waals surface area contributed by atoms with Crippen LogP contribution in [0.1, 0.15) is 24.8 Å². The van der Waals surface area contributed by atoms with E-state index in [-0.39, 0.29) is 6.04 Å². The summed E-state index contributed by atoms with van der Waals surface area (Å²) in [6.07, 6.45) is 1.25. The van der Waals surface area contributed by atoms with E-state index in [4.69, 9.17) is 11.6 Å². The first-order valence-electron chi connectivity index (χ1n) is 4.93. The van der Waals surface area contributed by atoms with Crippen molar-refractivity contribution in [3.05, 3.63) is 19.8 Å². The van der Waals surface area contributed by atoms with Gasteiger partial charge >= 0.3 is 0 Å². The lowest BCUT2D eigenvalue weighted by Gasteiger charge is -2.31. The highest BCUT2D eigenvalue weighted by Crippen LogP contribution is 2.40. The molecule has 1 unspecified atom stereocenters. The van der Waals surface area contributed by atoms with Crippen molar-refractivity contribution in [3.8, 4) is 0 Å². The molecule has 0 saturated carbocycles. The molecule has 7 heteroatoms. The van der Waals surface area contributed by atoms with Gasteiger partial charge in [0.25, 0.3) is 0 Å². The summed E-state index contributed by atoms with van der Waals surface area (Å²) < 4.78 is 24.2. The first kappa shape index (κ1) is 15.4. The van der Waals surface area contributed by atoms with Gasteiger partial charge in [-0.1, -0.05) is 11.6 Å². The molecule has 0 aliphatic rings. The summed E-state index contributed by atoms with van der Waals surface area (Å²) in [5, 5.41) is 3.06. The van der Waals surface area contributed by atoms with Crippen LogP contribution in [0, 0.1) is 0 Å². The molecule has 17 heavy (non-hydrogen) atoms. The van der Waals surface area contributed by atoms with E-state index < -0.39 is 14.6 Å². The van der Waals surface area contributed by atoms with Crippen molar-refractivity contribution in [2.45, 2.75) is 24.6 Å². The molecule has 1 rings (SSSR count). The van der Waals surface area contributed by atoms with Crippen molar-refractivity contribution in [1.82, 2.24) is 5.32 Å². The van der Waals surface area contributed by atoms with E-state index in [0.29, 0.717) is 4.34 Å². The molecule has 1 N–H and O–H groups in total. The molecule has 0 aromatic carbocycles. The topological polar surface area (TPSA) is 46.2 Å². The number of hydrogen-bond donors (Lipinski definition) is 1. The first-order chi connectivity index (χ1) is 7.61. The molecule has 0 bridgehead atoms. The Morgan fingerprint density at radius 1 is 1.53 bits per heavy atom. The average molecular weight is 361 g/mol. The number of nitrogens with one attached hydrogen (secondary N) is 1. The normalized spacial score (nSPS) is 14.9. The molecule has 1 aromatic rings. The molecule has 1 heterocycles. The smallest absolute Gasteiger partial charge is 0.154 e. The van der Waals surface area contributed by atoms with Gasteiger partial charge in [0, 0.05) is 15.6 Å². The molecular formula is C10H15BrClNO2S2. The molecular weight excluding hydrogens is 346 g/mol. The van der Waals surface area contributed by atoms with Gasteiger partial charge in [-0.3, -0.25) is 0 Å². The van der Waals surface area contributed by atoms with Gasteiger partial charge in [-0.15, -0.1) is 11.3 Å². The summed E-state index contributed by atoms with van der Waals surface area (Å²) in [5.41, 5.74) is 0. The minimum atomic E-state index is -3.18.